The summed E-state index contributed by atoms with van der Waals surface area (Å²) < 4.78 is 5.61. The van der Waals surface area contributed by atoms with Gasteiger partial charge in [-0.3, -0.25) is 0 Å². The zero-order valence-electron chi connectivity index (χ0n) is 11.2. The molecule has 2 aromatic rings. The lowest BCUT2D eigenvalue weighted by Gasteiger charge is -2.17. The van der Waals surface area contributed by atoms with Crippen LogP contribution in [0.3, 0.4) is 0 Å². The van der Waals surface area contributed by atoms with Crippen LogP contribution in [0.4, 0.5) is 0 Å². The van der Waals surface area contributed by atoms with Crippen LogP contribution in [0, 0.1) is 20.8 Å². The lowest BCUT2D eigenvalue weighted by atomic mass is 9.97. The molecule has 0 spiro atoms. The number of rotatable bonds is 3. The Morgan fingerprint density at radius 2 is 1.89 bits per heavy atom. The molecule has 0 amide bonds. The van der Waals surface area contributed by atoms with Crippen LogP contribution < -0.4 is 5.32 Å². The molecule has 0 saturated carbocycles. The molecule has 0 aliphatic heterocycles. The molecule has 1 atom stereocenters. The molecule has 1 N–H and O–H groups in total. The molecule has 0 fully saturated rings. The third kappa shape index (κ3) is 2.45. The summed E-state index contributed by atoms with van der Waals surface area (Å²) in [4.78, 5) is 0. The maximum Gasteiger partial charge on any atom is 0.106 e. The van der Waals surface area contributed by atoms with E-state index in [1.165, 1.54) is 11.1 Å². The Morgan fingerprint density at radius 3 is 2.39 bits per heavy atom. The first-order chi connectivity index (χ1) is 8.52. The van der Waals surface area contributed by atoms with Crippen LogP contribution in [0.25, 0.3) is 0 Å². The smallest absolute Gasteiger partial charge is 0.106 e. The van der Waals surface area contributed by atoms with E-state index in [-0.39, 0.29) is 6.04 Å². The van der Waals surface area contributed by atoms with Crippen LogP contribution in [0.1, 0.15) is 34.3 Å². The minimum absolute atomic E-state index is 0.137. The fraction of sp³-hybridized carbons (Fsp3) is 0.333. The average molecular weight is 264 g/mol. The van der Waals surface area contributed by atoms with Gasteiger partial charge in [-0.15, -0.1) is 0 Å². The fourth-order valence-electron chi connectivity index (χ4n) is 2.29. The van der Waals surface area contributed by atoms with Gasteiger partial charge in [-0.25, -0.2) is 0 Å². The molecule has 96 valence electrons. The third-order valence-electron chi connectivity index (χ3n) is 3.19. The molecule has 2 rings (SSSR count). The van der Waals surface area contributed by atoms with Crippen molar-refractivity contribution >= 4 is 11.6 Å². The molecule has 1 aromatic heterocycles. The van der Waals surface area contributed by atoms with Crippen molar-refractivity contribution in [2.75, 3.05) is 7.05 Å². The van der Waals surface area contributed by atoms with Gasteiger partial charge in [-0.05, 0) is 51.1 Å². The fourth-order valence-corrected chi connectivity index (χ4v) is 2.40. The Bertz CT molecular complexity index is 560. The second-order valence-electron chi connectivity index (χ2n) is 4.60. The number of hydrogen-bond acceptors (Lipinski definition) is 2. The van der Waals surface area contributed by atoms with Crippen molar-refractivity contribution in [2.24, 2.45) is 0 Å². The Balaban J connectivity index is 2.45. The number of nitrogens with one attached hydrogen (secondary N) is 1. The lowest BCUT2D eigenvalue weighted by molar-refractivity contribution is 0.497. The summed E-state index contributed by atoms with van der Waals surface area (Å²) in [6.07, 6.45) is 0. The van der Waals surface area contributed by atoms with Gasteiger partial charge >= 0.3 is 0 Å². The first-order valence-electron chi connectivity index (χ1n) is 6.03. The molecule has 0 bridgehead atoms. The number of aryl methyl sites for hydroxylation is 3. The minimum atomic E-state index is 0.137. The maximum absolute atomic E-state index is 6.07. The second-order valence-corrected chi connectivity index (χ2v) is 5.01. The minimum Gasteiger partial charge on any atom is -0.466 e. The summed E-state index contributed by atoms with van der Waals surface area (Å²) in [6, 6.07) is 8.33. The first-order valence-corrected chi connectivity index (χ1v) is 6.41. The summed E-state index contributed by atoms with van der Waals surface area (Å²) in [7, 11) is 1.95. The molecule has 0 aliphatic carbocycles. The van der Waals surface area contributed by atoms with Gasteiger partial charge < -0.3 is 9.73 Å². The second kappa shape index (κ2) is 5.17. The van der Waals surface area contributed by atoms with Gasteiger partial charge in [0.2, 0.25) is 0 Å². The standard InChI is InChI=1S/C15H18ClNO/c1-9-7-12(5-6-14(9)16)15(17-4)13-8-10(2)18-11(13)3/h5-8,15,17H,1-4H3. The highest BCUT2D eigenvalue weighted by atomic mass is 35.5. The summed E-state index contributed by atoms with van der Waals surface area (Å²) >= 11 is 6.07. The van der Waals surface area contributed by atoms with E-state index in [0.717, 1.165) is 22.1 Å². The molecule has 18 heavy (non-hydrogen) atoms. The highest BCUT2D eigenvalue weighted by Gasteiger charge is 2.17. The Hall–Kier alpha value is -1.25. The summed E-state index contributed by atoms with van der Waals surface area (Å²) in [5.41, 5.74) is 3.47. The Morgan fingerprint density at radius 1 is 1.17 bits per heavy atom. The maximum atomic E-state index is 6.07. The van der Waals surface area contributed by atoms with E-state index >= 15 is 0 Å². The number of halogens is 1. The van der Waals surface area contributed by atoms with Crippen LogP contribution in [0.5, 0.6) is 0 Å². The average Bonchev–Trinajstić information content (AvgIpc) is 2.64. The van der Waals surface area contributed by atoms with Crippen LogP contribution >= 0.6 is 11.6 Å². The molecular formula is C15H18ClNO. The van der Waals surface area contributed by atoms with Gasteiger partial charge in [0.25, 0.3) is 0 Å². The summed E-state index contributed by atoms with van der Waals surface area (Å²) in [5.74, 6) is 1.90. The summed E-state index contributed by atoms with van der Waals surface area (Å²) in [6.45, 7) is 5.98. The molecule has 0 saturated heterocycles. The molecular weight excluding hydrogens is 246 g/mol. The Kier molecular flexibility index (Phi) is 3.79. The first kappa shape index (κ1) is 13.2. The van der Waals surface area contributed by atoms with Gasteiger partial charge in [0.15, 0.2) is 0 Å². The van der Waals surface area contributed by atoms with E-state index in [4.69, 9.17) is 16.0 Å². The van der Waals surface area contributed by atoms with Crippen molar-refractivity contribution in [3.8, 4) is 0 Å². The third-order valence-corrected chi connectivity index (χ3v) is 3.62. The van der Waals surface area contributed by atoms with Gasteiger partial charge in [-0.2, -0.15) is 0 Å². The van der Waals surface area contributed by atoms with Crippen LogP contribution in [0.15, 0.2) is 28.7 Å². The Labute approximate surface area is 113 Å². The molecule has 0 aliphatic rings. The van der Waals surface area contributed by atoms with Gasteiger partial charge in [-0.1, -0.05) is 23.7 Å². The van der Waals surface area contributed by atoms with Gasteiger partial charge in [0, 0.05) is 10.6 Å². The van der Waals surface area contributed by atoms with Crippen molar-refractivity contribution in [2.45, 2.75) is 26.8 Å². The quantitative estimate of drug-likeness (QED) is 0.899. The van der Waals surface area contributed by atoms with Crippen molar-refractivity contribution in [3.05, 3.63) is 57.5 Å². The van der Waals surface area contributed by atoms with E-state index < -0.39 is 0 Å². The number of furan rings is 1. The number of benzene rings is 1. The van der Waals surface area contributed by atoms with E-state index in [1.54, 1.807) is 0 Å². The van der Waals surface area contributed by atoms with E-state index in [2.05, 4.69) is 23.5 Å². The lowest BCUT2D eigenvalue weighted by Crippen LogP contribution is -2.18. The van der Waals surface area contributed by atoms with Gasteiger partial charge in [0.1, 0.15) is 11.5 Å². The van der Waals surface area contributed by atoms with Crippen molar-refractivity contribution in [3.63, 3.8) is 0 Å². The largest absolute Gasteiger partial charge is 0.466 e. The van der Waals surface area contributed by atoms with E-state index in [0.29, 0.717) is 0 Å². The topological polar surface area (TPSA) is 25.2 Å². The van der Waals surface area contributed by atoms with Crippen LogP contribution in [-0.4, -0.2) is 7.05 Å². The molecule has 3 heteroatoms. The normalized spacial score (nSPS) is 12.7. The van der Waals surface area contributed by atoms with Crippen LogP contribution in [-0.2, 0) is 0 Å². The molecule has 1 aromatic carbocycles. The van der Waals surface area contributed by atoms with Crippen molar-refractivity contribution in [1.82, 2.24) is 5.32 Å². The van der Waals surface area contributed by atoms with Crippen LogP contribution in [0.2, 0.25) is 5.02 Å². The van der Waals surface area contributed by atoms with E-state index in [1.807, 2.05) is 33.9 Å². The zero-order valence-corrected chi connectivity index (χ0v) is 11.9. The zero-order chi connectivity index (χ0) is 13.3. The molecule has 0 radical (unpaired) electrons. The SMILES string of the molecule is CNC(c1ccc(Cl)c(C)c1)c1cc(C)oc1C. The monoisotopic (exact) mass is 263 g/mol. The number of hydrogen-bond donors (Lipinski definition) is 1. The van der Waals surface area contributed by atoms with Gasteiger partial charge in [0.05, 0.1) is 6.04 Å². The summed E-state index contributed by atoms with van der Waals surface area (Å²) in [5, 5.41) is 4.13. The van der Waals surface area contributed by atoms with E-state index in [9.17, 15) is 0 Å². The molecule has 2 nitrogen and oxygen atoms in total. The highest BCUT2D eigenvalue weighted by molar-refractivity contribution is 6.31. The van der Waals surface area contributed by atoms with Crippen molar-refractivity contribution in [1.29, 1.82) is 0 Å². The molecule has 1 heterocycles. The highest BCUT2D eigenvalue weighted by Crippen LogP contribution is 2.29. The molecule has 1 unspecified atom stereocenters. The van der Waals surface area contributed by atoms with Crippen molar-refractivity contribution < 1.29 is 4.42 Å². The predicted molar refractivity (Wildman–Crippen MR) is 75.3 cm³/mol. The predicted octanol–water partition coefficient (Wildman–Crippen LogP) is 4.17.